The average molecular weight is 241 g/mol. The number of rotatable bonds is 5. The molecule has 0 fully saturated rings. The van der Waals surface area contributed by atoms with Crippen LogP contribution in [0, 0.1) is 0 Å². The van der Waals surface area contributed by atoms with Crippen molar-refractivity contribution in [3.05, 3.63) is 60.7 Å². The lowest BCUT2D eigenvalue weighted by atomic mass is 10.3. The molecule has 0 saturated carbocycles. The fourth-order valence-corrected chi connectivity index (χ4v) is 1.47. The summed E-state index contributed by atoms with van der Waals surface area (Å²) in [6.07, 6.45) is 0. The van der Waals surface area contributed by atoms with Gasteiger partial charge in [0, 0.05) is 11.4 Å². The van der Waals surface area contributed by atoms with Gasteiger partial charge in [0.05, 0.1) is 6.54 Å². The third-order valence-corrected chi connectivity index (χ3v) is 2.31. The third kappa shape index (κ3) is 3.92. The lowest BCUT2D eigenvalue weighted by Crippen LogP contribution is -2.32. The van der Waals surface area contributed by atoms with Crippen molar-refractivity contribution in [2.24, 2.45) is 0 Å². The van der Waals surface area contributed by atoms with Crippen LogP contribution in [0.15, 0.2) is 60.7 Å². The lowest BCUT2D eigenvalue weighted by molar-refractivity contribution is -0.115. The van der Waals surface area contributed by atoms with E-state index in [4.69, 9.17) is 0 Å². The first-order valence-corrected chi connectivity index (χ1v) is 5.73. The zero-order valence-corrected chi connectivity index (χ0v) is 9.89. The summed E-state index contributed by atoms with van der Waals surface area (Å²) in [5, 5.41) is 2.79. The Kier molecular flexibility index (Phi) is 4.33. The van der Waals surface area contributed by atoms with Crippen LogP contribution < -0.4 is 16.2 Å². The zero-order valence-electron chi connectivity index (χ0n) is 9.89. The van der Waals surface area contributed by atoms with Crippen molar-refractivity contribution >= 4 is 17.3 Å². The summed E-state index contributed by atoms with van der Waals surface area (Å²) in [6, 6.07) is 19.0. The number of amides is 1. The van der Waals surface area contributed by atoms with Gasteiger partial charge in [-0.1, -0.05) is 36.4 Å². The smallest absolute Gasteiger partial charge is 0.240 e. The van der Waals surface area contributed by atoms with Crippen LogP contribution in [0.25, 0.3) is 0 Å². The van der Waals surface area contributed by atoms with E-state index in [0.29, 0.717) is 0 Å². The van der Waals surface area contributed by atoms with Gasteiger partial charge in [-0.3, -0.25) is 4.79 Å². The minimum absolute atomic E-state index is 0.0929. The summed E-state index contributed by atoms with van der Waals surface area (Å²) in [6.45, 7) is 0.198. The second-order valence-electron chi connectivity index (χ2n) is 3.76. The van der Waals surface area contributed by atoms with E-state index in [1.807, 2.05) is 60.7 Å². The number of hydrogen-bond donors (Lipinski definition) is 3. The second-order valence-corrected chi connectivity index (χ2v) is 3.76. The summed E-state index contributed by atoms with van der Waals surface area (Å²) < 4.78 is 0. The van der Waals surface area contributed by atoms with Crippen LogP contribution in [0.3, 0.4) is 0 Å². The normalized spacial score (nSPS) is 9.78. The first-order chi connectivity index (χ1) is 8.84. The summed E-state index contributed by atoms with van der Waals surface area (Å²) in [4.78, 5) is 11.6. The fourth-order valence-electron chi connectivity index (χ4n) is 1.47. The molecule has 0 radical (unpaired) electrons. The topological polar surface area (TPSA) is 53.2 Å². The zero-order chi connectivity index (χ0) is 12.6. The van der Waals surface area contributed by atoms with Crippen molar-refractivity contribution in [3.63, 3.8) is 0 Å². The van der Waals surface area contributed by atoms with Crippen LogP contribution in [-0.4, -0.2) is 12.5 Å². The van der Waals surface area contributed by atoms with Crippen LogP contribution in [0.4, 0.5) is 11.4 Å². The average Bonchev–Trinajstić information content (AvgIpc) is 2.41. The highest BCUT2D eigenvalue weighted by Gasteiger charge is 2.00. The number of hydrogen-bond acceptors (Lipinski definition) is 3. The van der Waals surface area contributed by atoms with E-state index in [1.165, 1.54) is 0 Å². The molecule has 0 unspecified atom stereocenters. The Bertz CT molecular complexity index is 485. The molecule has 0 bridgehead atoms. The molecule has 0 heterocycles. The molecule has 0 atom stereocenters. The molecule has 4 nitrogen and oxygen atoms in total. The molecule has 2 aromatic rings. The Morgan fingerprint density at radius 2 is 1.39 bits per heavy atom. The molecular formula is C14H15N3O. The van der Waals surface area contributed by atoms with Crippen molar-refractivity contribution in [2.45, 2.75) is 0 Å². The quantitative estimate of drug-likeness (QED) is 0.704. The maximum Gasteiger partial charge on any atom is 0.240 e. The van der Waals surface area contributed by atoms with Gasteiger partial charge in [0.2, 0.25) is 5.91 Å². The Balaban J connectivity index is 1.73. The van der Waals surface area contributed by atoms with Gasteiger partial charge in [-0.05, 0) is 24.3 Å². The van der Waals surface area contributed by atoms with Crippen molar-refractivity contribution in [1.29, 1.82) is 0 Å². The molecule has 0 aliphatic heterocycles. The number of hydrazine groups is 1. The Morgan fingerprint density at radius 3 is 2.00 bits per heavy atom. The molecule has 3 N–H and O–H groups in total. The van der Waals surface area contributed by atoms with E-state index in [1.54, 1.807) is 0 Å². The van der Waals surface area contributed by atoms with Crippen molar-refractivity contribution in [1.82, 2.24) is 5.43 Å². The van der Waals surface area contributed by atoms with Gasteiger partial charge >= 0.3 is 0 Å². The summed E-state index contributed by atoms with van der Waals surface area (Å²) in [5.74, 6) is -0.0929. The minimum atomic E-state index is -0.0929. The number of anilines is 2. The van der Waals surface area contributed by atoms with Gasteiger partial charge in [0.1, 0.15) is 0 Å². The van der Waals surface area contributed by atoms with Crippen LogP contribution in [-0.2, 0) is 4.79 Å². The predicted octanol–water partition coefficient (Wildman–Crippen LogP) is 2.24. The Hall–Kier alpha value is -2.33. The molecule has 2 rings (SSSR count). The number of carbonyl (C=O) groups is 1. The highest BCUT2D eigenvalue weighted by Crippen LogP contribution is 2.04. The number of para-hydroxylation sites is 2. The minimum Gasteiger partial charge on any atom is -0.325 e. The summed E-state index contributed by atoms with van der Waals surface area (Å²) in [5.41, 5.74) is 7.53. The van der Waals surface area contributed by atoms with Crippen LogP contribution in [0.5, 0.6) is 0 Å². The van der Waals surface area contributed by atoms with Crippen LogP contribution in [0.1, 0.15) is 0 Å². The Morgan fingerprint density at radius 1 is 0.833 bits per heavy atom. The van der Waals surface area contributed by atoms with Gasteiger partial charge in [-0.2, -0.15) is 0 Å². The molecule has 0 aliphatic carbocycles. The molecule has 18 heavy (non-hydrogen) atoms. The summed E-state index contributed by atoms with van der Waals surface area (Å²) in [7, 11) is 0. The molecule has 0 aliphatic rings. The maximum absolute atomic E-state index is 11.6. The molecule has 4 heteroatoms. The van der Waals surface area contributed by atoms with Crippen molar-refractivity contribution < 1.29 is 4.79 Å². The van der Waals surface area contributed by atoms with Crippen molar-refractivity contribution in [2.75, 3.05) is 17.3 Å². The van der Waals surface area contributed by atoms with Gasteiger partial charge in [0.25, 0.3) is 0 Å². The van der Waals surface area contributed by atoms with Gasteiger partial charge in [-0.25, -0.2) is 5.43 Å². The maximum atomic E-state index is 11.6. The van der Waals surface area contributed by atoms with E-state index < -0.39 is 0 Å². The van der Waals surface area contributed by atoms with E-state index in [2.05, 4.69) is 16.2 Å². The van der Waals surface area contributed by atoms with Gasteiger partial charge < -0.3 is 10.7 Å². The molecule has 0 aromatic heterocycles. The third-order valence-electron chi connectivity index (χ3n) is 2.31. The molecule has 1 amide bonds. The summed E-state index contributed by atoms with van der Waals surface area (Å²) >= 11 is 0. The van der Waals surface area contributed by atoms with E-state index in [9.17, 15) is 4.79 Å². The molecule has 0 spiro atoms. The van der Waals surface area contributed by atoms with Gasteiger partial charge in [0.15, 0.2) is 0 Å². The van der Waals surface area contributed by atoms with Crippen LogP contribution in [0.2, 0.25) is 0 Å². The standard InChI is InChI=1S/C14H15N3O/c18-14(16-12-7-3-1-4-8-12)11-15-17-13-9-5-2-6-10-13/h1-10,15,17H,11H2,(H,16,18). The number of carbonyl (C=O) groups excluding carboxylic acids is 1. The second kappa shape index (κ2) is 6.42. The van der Waals surface area contributed by atoms with Crippen molar-refractivity contribution in [3.8, 4) is 0 Å². The highest BCUT2D eigenvalue weighted by molar-refractivity contribution is 5.92. The molecule has 92 valence electrons. The van der Waals surface area contributed by atoms with E-state index in [0.717, 1.165) is 11.4 Å². The van der Waals surface area contributed by atoms with Gasteiger partial charge in [-0.15, -0.1) is 0 Å². The monoisotopic (exact) mass is 241 g/mol. The first-order valence-electron chi connectivity index (χ1n) is 5.73. The van der Waals surface area contributed by atoms with E-state index in [-0.39, 0.29) is 12.5 Å². The number of nitrogens with one attached hydrogen (secondary N) is 3. The Labute approximate surface area is 106 Å². The van der Waals surface area contributed by atoms with Crippen LogP contribution >= 0.6 is 0 Å². The molecule has 0 saturated heterocycles. The first kappa shape index (κ1) is 12.1. The van der Waals surface area contributed by atoms with E-state index >= 15 is 0 Å². The molecule has 2 aromatic carbocycles. The highest BCUT2D eigenvalue weighted by atomic mass is 16.2. The molecular weight excluding hydrogens is 226 g/mol. The largest absolute Gasteiger partial charge is 0.325 e. The lowest BCUT2D eigenvalue weighted by Gasteiger charge is -2.08. The number of benzene rings is 2. The SMILES string of the molecule is O=C(CNNc1ccccc1)Nc1ccccc1. The predicted molar refractivity (Wildman–Crippen MR) is 73.1 cm³/mol. The fraction of sp³-hybridized carbons (Fsp3) is 0.0714.